The molecule has 0 amide bonds. The summed E-state index contributed by atoms with van der Waals surface area (Å²) in [5, 5.41) is 10.1. The van der Waals surface area contributed by atoms with E-state index in [1.54, 1.807) is 0 Å². The first kappa shape index (κ1) is 12.0. The van der Waals surface area contributed by atoms with E-state index >= 15 is 0 Å². The second kappa shape index (κ2) is 5.12. The summed E-state index contributed by atoms with van der Waals surface area (Å²) in [6.45, 7) is 4.08. The van der Waals surface area contributed by atoms with E-state index in [1.807, 2.05) is 13.8 Å². The molecule has 0 fully saturated rings. The lowest BCUT2D eigenvalue weighted by Crippen LogP contribution is -2.29. The number of aliphatic hydroxyl groups is 1. The Morgan fingerprint density at radius 2 is 1.64 bits per heavy atom. The van der Waals surface area contributed by atoms with Crippen LogP contribution in [0.1, 0.15) is 32.3 Å². The Morgan fingerprint density at radius 1 is 1.14 bits per heavy atom. The molecule has 0 atom stereocenters. The van der Waals surface area contributed by atoms with Gasteiger partial charge in [0.1, 0.15) is 0 Å². The second-order valence-corrected chi connectivity index (χ2v) is 4.98. The standard InChI is InChI=1S/C12H17IO/c1-3-12(14,4-2)9-10-5-7-11(13)8-6-10/h5-8,14H,3-4,9H2,1-2H3. The molecule has 78 valence electrons. The summed E-state index contributed by atoms with van der Waals surface area (Å²) in [7, 11) is 0. The van der Waals surface area contributed by atoms with Crippen LogP contribution < -0.4 is 0 Å². The van der Waals surface area contributed by atoms with Crippen LogP contribution in [0.4, 0.5) is 0 Å². The lowest BCUT2D eigenvalue weighted by atomic mass is 9.90. The Bertz CT molecular complexity index is 275. The predicted molar refractivity (Wildman–Crippen MR) is 68.4 cm³/mol. The topological polar surface area (TPSA) is 20.2 Å². The summed E-state index contributed by atoms with van der Waals surface area (Å²) in [6, 6.07) is 8.36. The van der Waals surface area contributed by atoms with Crippen molar-refractivity contribution < 1.29 is 5.11 Å². The molecule has 1 aromatic rings. The zero-order chi connectivity index (χ0) is 10.6. The highest BCUT2D eigenvalue weighted by Gasteiger charge is 2.22. The molecule has 0 aliphatic carbocycles. The average molecular weight is 304 g/mol. The van der Waals surface area contributed by atoms with Crippen LogP contribution in [0.5, 0.6) is 0 Å². The summed E-state index contributed by atoms with van der Waals surface area (Å²) in [6.07, 6.45) is 2.39. The maximum Gasteiger partial charge on any atom is 0.0682 e. The van der Waals surface area contributed by atoms with Gasteiger partial charge in [-0.1, -0.05) is 26.0 Å². The molecule has 0 saturated carbocycles. The Hall–Kier alpha value is -0.0900. The molecular formula is C12H17IO. The number of rotatable bonds is 4. The minimum atomic E-state index is -0.521. The molecule has 0 spiro atoms. The number of hydrogen-bond donors (Lipinski definition) is 1. The Balaban J connectivity index is 2.72. The van der Waals surface area contributed by atoms with Gasteiger partial charge in [-0.25, -0.2) is 0 Å². The number of hydrogen-bond acceptors (Lipinski definition) is 1. The van der Waals surface area contributed by atoms with Crippen molar-refractivity contribution in [3.05, 3.63) is 33.4 Å². The number of halogens is 1. The van der Waals surface area contributed by atoms with Gasteiger partial charge in [-0.2, -0.15) is 0 Å². The van der Waals surface area contributed by atoms with Crippen molar-refractivity contribution in [3.63, 3.8) is 0 Å². The Kier molecular flexibility index (Phi) is 4.38. The first-order valence-electron chi connectivity index (χ1n) is 5.06. The molecule has 0 aromatic heterocycles. The molecule has 1 aromatic carbocycles. The molecule has 14 heavy (non-hydrogen) atoms. The summed E-state index contributed by atoms with van der Waals surface area (Å²) < 4.78 is 1.24. The maximum atomic E-state index is 10.1. The van der Waals surface area contributed by atoms with Crippen molar-refractivity contribution in [2.75, 3.05) is 0 Å². The minimum absolute atomic E-state index is 0.521. The van der Waals surface area contributed by atoms with Crippen LogP contribution >= 0.6 is 22.6 Å². The lowest BCUT2D eigenvalue weighted by Gasteiger charge is -2.25. The first-order chi connectivity index (χ1) is 6.59. The van der Waals surface area contributed by atoms with Crippen molar-refractivity contribution in [1.29, 1.82) is 0 Å². The molecule has 0 saturated heterocycles. The van der Waals surface area contributed by atoms with Gasteiger partial charge >= 0.3 is 0 Å². The monoisotopic (exact) mass is 304 g/mol. The van der Waals surface area contributed by atoms with Gasteiger partial charge in [0.15, 0.2) is 0 Å². The van der Waals surface area contributed by atoms with Crippen molar-refractivity contribution in [1.82, 2.24) is 0 Å². The van der Waals surface area contributed by atoms with Crippen LogP contribution in [-0.4, -0.2) is 10.7 Å². The van der Waals surface area contributed by atoms with Gasteiger partial charge in [0.2, 0.25) is 0 Å². The molecule has 0 aliphatic rings. The quantitative estimate of drug-likeness (QED) is 0.846. The highest BCUT2D eigenvalue weighted by atomic mass is 127. The van der Waals surface area contributed by atoms with Crippen molar-refractivity contribution in [3.8, 4) is 0 Å². The highest BCUT2D eigenvalue weighted by Crippen LogP contribution is 2.21. The molecule has 1 nitrogen and oxygen atoms in total. The van der Waals surface area contributed by atoms with Crippen LogP contribution in [0.3, 0.4) is 0 Å². The Labute approximate surface area is 99.7 Å². The van der Waals surface area contributed by atoms with Gasteiger partial charge in [-0.05, 0) is 53.1 Å². The largest absolute Gasteiger partial charge is 0.390 e. The predicted octanol–water partition coefficient (Wildman–Crippen LogP) is 3.38. The maximum absolute atomic E-state index is 10.1. The smallest absolute Gasteiger partial charge is 0.0682 e. The molecule has 2 heteroatoms. The summed E-state index contributed by atoms with van der Waals surface area (Å²) in [4.78, 5) is 0. The van der Waals surface area contributed by atoms with Crippen LogP contribution in [0.2, 0.25) is 0 Å². The fourth-order valence-electron chi connectivity index (χ4n) is 1.48. The van der Waals surface area contributed by atoms with E-state index in [2.05, 4.69) is 46.9 Å². The van der Waals surface area contributed by atoms with Crippen molar-refractivity contribution in [2.45, 2.75) is 38.7 Å². The van der Waals surface area contributed by atoms with E-state index in [1.165, 1.54) is 9.13 Å². The van der Waals surface area contributed by atoms with Gasteiger partial charge in [0.25, 0.3) is 0 Å². The van der Waals surface area contributed by atoms with E-state index < -0.39 is 5.60 Å². The van der Waals surface area contributed by atoms with E-state index in [9.17, 15) is 5.11 Å². The van der Waals surface area contributed by atoms with Gasteiger partial charge in [0.05, 0.1) is 5.60 Å². The lowest BCUT2D eigenvalue weighted by molar-refractivity contribution is 0.0326. The van der Waals surface area contributed by atoms with E-state index in [0.29, 0.717) is 0 Å². The van der Waals surface area contributed by atoms with Gasteiger partial charge < -0.3 is 5.11 Å². The van der Waals surface area contributed by atoms with E-state index in [-0.39, 0.29) is 0 Å². The van der Waals surface area contributed by atoms with Crippen LogP contribution in [0.25, 0.3) is 0 Å². The van der Waals surface area contributed by atoms with Gasteiger partial charge in [-0.3, -0.25) is 0 Å². The van der Waals surface area contributed by atoms with Crippen molar-refractivity contribution in [2.24, 2.45) is 0 Å². The van der Waals surface area contributed by atoms with Gasteiger partial charge in [-0.15, -0.1) is 0 Å². The molecule has 0 aliphatic heterocycles. The third-order valence-corrected chi connectivity index (χ3v) is 3.48. The fraction of sp³-hybridized carbons (Fsp3) is 0.500. The van der Waals surface area contributed by atoms with E-state index in [0.717, 1.165) is 19.3 Å². The molecule has 0 bridgehead atoms. The van der Waals surface area contributed by atoms with Gasteiger partial charge in [0, 0.05) is 9.99 Å². The molecule has 1 rings (SSSR count). The zero-order valence-corrected chi connectivity index (χ0v) is 10.9. The third kappa shape index (κ3) is 3.24. The zero-order valence-electron chi connectivity index (χ0n) is 8.76. The molecular weight excluding hydrogens is 287 g/mol. The second-order valence-electron chi connectivity index (χ2n) is 3.73. The highest BCUT2D eigenvalue weighted by molar-refractivity contribution is 14.1. The minimum Gasteiger partial charge on any atom is -0.390 e. The average Bonchev–Trinajstić information content (AvgIpc) is 2.21. The molecule has 0 heterocycles. The fourth-order valence-corrected chi connectivity index (χ4v) is 1.84. The van der Waals surface area contributed by atoms with Crippen LogP contribution in [0, 0.1) is 3.57 Å². The summed E-state index contributed by atoms with van der Waals surface area (Å²) in [5.74, 6) is 0. The van der Waals surface area contributed by atoms with Crippen molar-refractivity contribution >= 4 is 22.6 Å². The van der Waals surface area contributed by atoms with Crippen LogP contribution in [-0.2, 0) is 6.42 Å². The molecule has 0 unspecified atom stereocenters. The summed E-state index contributed by atoms with van der Waals surface area (Å²) in [5.41, 5.74) is 0.698. The van der Waals surface area contributed by atoms with E-state index in [4.69, 9.17) is 0 Å². The SMILES string of the molecule is CCC(O)(CC)Cc1ccc(I)cc1. The van der Waals surface area contributed by atoms with Crippen LogP contribution in [0.15, 0.2) is 24.3 Å². The normalized spacial score (nSPS) is 11.7. The summed E-state index contributed by atoms with van der Waals surface area (Å²) >= 11 is 2.29. The first-order valence-corrected chi connectivity index (χ1v) is 6.14. The molecule has 1 N–H and O–H groups in total. The third-order valence-electron chi connectivity index (χ3n) is 2.76. The Morgan fingerprint density at radius 3 is 2.07 bits per heavy atom. The number of benzene rings is 1. The molecule has 0 radical (unpaired) electrons.